The molecule has 0 unspecified atom stereocenters. The molecule has 0 saturated carbocycles. The molecule has 33 heavy (non-hydrogen) atoms. The zero-order valence-electron chi connectivity index (χ0n) is 18.8. The van der Waals surface area contributed by atoms with Crippen LogP contribution in [0.5, 0.6) is 5.88 Å². The van der Waals surface area contributed by atoms with Crippen LogP contribution in [0, 0.1) is 0 Å². The normalized spacial score (nSPS) is 14.5. The van der Waals surface area contributed by atoms with Gasteiger partial charge in [-0.3, -0.25) is 4.79 Å². The van der Waals surface area contributed by atoms with Crippen LogP contribution in [-0.2, 0) is 16.8 Å². The molecule has 0 spiro atoms. The van der Waals surface area contributed by atoms with Crippen molar-refractivity contribution in [3.63, 3.8) is 0 Å². The van der Waals surface area contributed by atoms with Crippen molar-refractivity contribution in [1.29, 1.82) is 0 Å². The third-order valence-electron chi connectivity index (χ3n) is 4.95. The number of hydrazine groups is 1. The summed E-state index contributed by atoms with van der Waals surface area (Å²) < 4.78 is 41.8. The molecule has 10 heteroatoms. The first-order valence-electron chi connectivity index (χ1n) is 10.5. The number of carbonyl (C=O) groups is 1. The first-order chi connectivity index (χ1) is 15.5. The Kier molecular flexibility index (Phi) is 7.47. The molecule has 2 aromatic rings. The molecule has 0 saturated heterocycles. The highest BCUT2D eigenvalue weighted by Gasteiger charge is 2.28. The summed E-state index contributed by atoms with van der Waals surface area (Å²) in [4.78, 5) is 16.7. The number of pyridine rings is 1. The van der Waals surface area contributed by atoms with Crippen molar-refractivity contribution in [1.82, 2.24) is 21.2 Å². The van der Waals surface area contributed by atoms with E-state index in [0.29, 0.717) is 35.6 Å². The van der Waals surface area contributed by atoms with E-state index in [1.165, 1.54) is 17.8 Å². The van der Waals surface area contributed by atoms with E-state index in [1.54, 1.807) is 6.07 Å². The maximum Gasteiger partial charge on any atom is 0.422 e. The number of alkyl halides is 3. The number of nitrogens with one attached hydrogen (secondary N) is 4. The molecule has 1 aromatic heterocycles. The number of halogens is 3. The van der Waals surface area contributed by atoms with Gasteiger partial charge in [-0.15, -0.1) is 0 Å². The molecule has 2 heterocycles. The molecule has 0 fully saturated rings. The molecule has 0 bridgehead atoms. The number of carbonyl (C=O) groups excluding carboxylic acids is 1. The molecule has 1 aliphatic rings. The molecular weight excluding hydrogens is 435 g/mol. The van der Waals surface area contributed by atoms with E-state index in [2.05, 4.69) is 52.0 Å². The topological polar surface area (TPSA) is 87.3 Å². The molecule has 0 aliphatic carbocycles. The van der Waals surface area contributed by atoms with Gasteiger partial charge in [0.25, 0.3) is 5.91 Å². The van der Waals surface area contributed by atoms with Gasteiger partial charge in [0.15, 0.2) is 6.61 Å². The van der Waals surface area contributed by atoms with Gasteiger partial charge in [-0.25, -0.2) is 10.4 Å². The summed E-state index contributed by atoms with van der Waals surface area (Å²) in [6.45, 7) is 5.79. The van der Waals surface area contributed by atoms with Gasteiger partial charge in [0.1, 0.15) is 5.82 Å². The van der Waals surface area contributed by atoms with Crippen molar-refractivity contribution in [2.24, 2.45) is 0 Å². The standard InChI is InChI=1S/C23H28F3N5O2/c1-22(2,3)16-4-6-17(7-5-16)30-21(32)18-9-11-29-31-20(18)28-13-15-8-10-27-19(12-15)33-14-23(24,25)26/h4-8,10,12,28-29,31H,9,11,13-14H2,1-3H3,(H,30,32). The molecule has 7 nitrogen and oxygen atoms in total. The lowest BCUT2D eigenvalue weighted by molar-refractivity contribution is -0.154. The lowest BCUT2D eigenvalue weighted by Crippen LogP contribution is -2.44. The summed E-state index contributed by atoms with van der Waals surface area (Å²) in [7, 11) is 0. The van der Waals surface area contributed by atoms with Crippen LogP contribution in [0.15, 0.2) is 54.0 Å². The highest BCUT2D eigenvalue weighted by molar-refractivity contribution is 6.04. The highest BCUT2D eigenvalue weighted by Crippen LogP contribution is 2.24. The Balaban J connectivity index is 1.65. The van der Waals surface area contributed by atoms with Gasteiger partial charge in [-0.05, 0) is 41.2 Å². The number of anilines is 1. The second-order valence-electron chi connectivity index (χ2n) is 8.70. The number of nitrogens with zero attached hydrogens (tertiary/aromatic N) is 1. The van der Waals surface area contributed by atoms with Crippen LogP contribution in [0.4, 0.5) is 18.9 Å². The number of hydrogen-bond donors (Lipinski definition) is 4. The lowest BCUT2D eigenvalue weighted by Gasteiger charge is -2.24. The number of aromatic nitrogens is 1. The number of ether oxygens (including phenoxy) is 1. The van der Waals surface area contributed by atoms with Crippen LogP contribution in [0.2, 0.25) is 0 Å². The minimum atomic E-state index is -4.44. The second-order valence-corrected chi connectivity index (χ2v) is 8.70. The molecule has 1 amide bonds. The Labute approximate surface area is 190 Å². The van der Waals surface area contributed by atoms with E-state index in [9.17, 15) is 18.0 Å². The number of amides is 1. The largest absolute Gasteiger partial charge is 0.468 e. The third-order valence-corrected chi connectivity index (χ3v) is 4.95. The van der Waals surface area contributed by atoms with Crippen LogP contribution in [-0.4, -0.2) is 30.2 Å². The van der Waals surface area contributed by atoms with Crippen molar-refractivity contribution in [3.8, 4) is 5.88 Å². The average Bonchev–Trinajstić information content (AvgIpc) is 2.76. The Morgan fingerprint density at radius 2 is 1.88 bits per heavy atom. The minimum Gasteiger partial charge on any atom is -0.468 e. The van der Waals surface area contributed by atoms with Gasteiger partial charge >= 0.3 is 6.18 Å². The van der Waals surface area contributed by atoms with Crippen LogP contribution in [0.25, 0.3) is 0 Å². The molecule has 4 N–H and O–H groups in total. The summed E-state index contributed by atoms with van der Waals surface area (Å²) in [5.74, 6) is 0.144. The van der Waals surface area contributed by atoms with E-state index in [1.807, 2.05) is 24.3 Å². The maximum atomic E-state index is 12.9. The van der Waals surface area contributed by atoms with Crippen molar-refractivity contribution in [3.05, 3.63) is 65.1 Å². The molecular formula is C23H28F3N5O2. The summed E-state index contributed by atoms with van der Waals surface area (Å²) in [5.41, 5.74) is 9.01. The SMILES string of the molecule is CC(C)(C)c1ccc(NC(=O)C2=C(NCc3ccnc(OCC(F)(F)F)c3)NNCC2)cc1. The van der Waals surface area contributed by atoms with Crippen LogP contribution in [0.1, 0.15) is 38.3 Å². The summed E-state index contributed by atoms with van der Waals surface area (Å²) in [6.07, 6.45) is -2.57. The zero-order chi connectivity index (χ0) is 24.1. The Bertz CT molecular complexity index is 998. The van der Waals surface area contributed by atoms with Gasteiger partial charge in [-0.1, -0.05) is 32.9 Å². The van der Waals surface area contributed by atoms with Gasteiger partial charge in [0.2, 0.25) is 5.88 Å². The fourth-order valence-electron chi connectivity index (χ4n) is 3.16. The van der Waals surface area contributed by atoms with Crippen molar-refractivity contribution in [2.75, 3.05) is 18.5 Å². The van der Waals surface area contributed by atoms with Gasteiger partial charge in [0, 0.05) is 31.0 Å². The van der Waals surface area contributed by atoms with Gasteiger partial charge < -0.3 is 20.8 Å². The number of hydrogen-bond acceptors (Lipinski definition) is 6. The second kappa shape index (κ2) is 10.1. The predicted molar refractivity (Wildman–Crippen MR) is 119 cm³/mol. The fourth-order valence-corrected chi connectivity index (χ4v) is 3.16. The Hall–Kier alpha value is -3.27. The fraction of sp³-hybridized carbons (Fsp3) is 0.391. The van der Waals surface area contributed by atoms with Crippen LogP contribution < -0.4 is 26.2 Å². The first kappa shape index (κ1) is 24.4. The summed E-state index contributed by atoms with van der Waals surface area (Å²) in [5, 5.41) is 6.04. The Morgan fingerprint density at radius 3 is 2.55 bits per heavy atom. The van der Waals surface area contributed by atoms with Crippen LogP contribution in [0.3, 0.4) is 0 Å². The third kappa shape index (κ3) is 7.38. The smallest absolute Gasteiger partial charge is 0.422 e. The van der Waals surface area contributed by atoms with E-state index in [0.717, 1.165) is 0 Å². The van der Waals surface area contributed by atoms with E-state index in [-0.39, 0.29) is 23.7 Å². The first-order valence-corrected chi connectivity index (χ1v) is 10.5. The molecule has 0 radical (unpaired) electrons. The quantitative estimate of drug-likeness (QED) is 0.500. The van der Waals surface area contributed by atoms with E-state index in [4.69, 9.17) is 0 Å². The van der Waals surface area contributed by atoms with Crippen molar-refractivity contribution >= 4 is 11.6 Å². The van der Waals surface area contributed by atoms with Gasteiger partial charge in [-0.2, -0.15) is 13.2 Å². The molecule has 1 aliphatic heterocycles. The van der Waals surface area contributed by atoms with E-state index >= 15 is 0 Å². The molecule has 1 aromatic carbocycles. The van der Waals surface area contributed by atoms with Crippen molar-refractivity contribution < 1.29 is 22.7 Å². The number of rotatable bonds is 7. The van der Waals surface area contributed by atoms with Crippen LogP contribution >= 0.6 is 0 Å². The Morgan fingerprint density at radius 1 is 1.15 bits per heavy atom. The monoisotopic (exact) mass is 463 g/mol. The minimum absolute atomic E-state index is 0.0196. The number of benzene rings is 1. The summed E-state index contributed by atoms with van der Waals surface area (Å²) >= 11 is 0. The highest BCUT2D eigenvalue weighted by atomic mass is 19.4. The molecule has 178 valence electrons. The summed E-state index contributed by atoms with van der Waals surface area (Å²) in [6, 6.07) is 10.8. The van der Waals surface area contributed by atoms with Gasteiger partial charge in [0.05, 0.1) is 5.57 Å². The molecule has 0 atom stereocenters. The van der Waals surface area contributed by atoms with E-state index < -0.39 is 12.8 Å². The lowest BCUT2D eigenvalue weighted by atomic mass is 9.87. The van der Waals surface area contributed by atoms with Crippen molar-refractivity contribution in [2.45, 2.75) is 45.3 Å². The molecule has 3 rings (SSSR count). The maximum absolute atomic E-state index is 12.9. The zero-order valence-corrected chi connectivity index (χ0v) is 18.8. The predicted octanol–water partition coefficient (Wildman–Crippen LogP) is 3.76. The average molecular weight is 464 g/mol.